The van der Waals surface area contributed by atoms with Crippen molar-refractivity contribution < 1.29 is 4.79 Å². The SMILES string of the molecule is NCCCC(NC(=O)c1cccn2ncc(Br)c12)c1ccccc1. The number of nitrogens with zero attached hydrogens (tertiary/aromatic N) is 2. The molecular formula is C18H19BrN4O. The summed E-state index contributed by atoms with van der Waals surface area (Å²) in [6, 6.07) is 13.5. The normalized spacial score (nSPS) is 12.2. The predicted octanol–water partition coefficient (Wildman–Crippen LogP) is 3.31. The standard InChI is InChI=1S/C18H19BrN4O/c19-15-12-21-23-11-5-8-14(17(15)23)18(24)22-16(9-4-10-20)13-6-2-1-3-7-13/h1-3,5-8,11-12,16H,4,9-10,20H2,(H,22,24). The minimum atomic E-state index is -0.118. The van der Waals surface area contributed by atoms with Crippen molar-refractivity contribution >= 4 is 27.4 Å². The molecule has 1 unspecified atom stereocenters. The fourth-order valence-corrected chi connectivity index (χ4v) is 3.24. The second-order valence-corrected chi connectivity index (χ2v) is 6.43. The van der Waals surface area contributed by atoms with E-state index in [1.807, 2.05) is 48.7 Å². The monoisotopic (exact) mass is 386 g/mol. The molecule has 0 fully saturated rings. The van der Waals surface area contributed by atoms with Gasteiger partial charge in [0.1, 0.15) is 0 Å². The van der Waals surface area contributed by atoms with Crippen LogP contribution in [0, 0.1) is 0 Å². The number of amides is 1. The van der Waals surface area contributed by atoms with E-state index in [0.29, 0.717) is 12.1 Å². The molecule has 0 aliphatic heterocycles. The molecule has 6 heteroatoms. The van der Waals surface area contributed by atoms with E-state index < -0.39 is 0 Å². The number of nitrogens with one attached hydrogen (secondary N) is 1. The van der Waals surface area contributed by atoms with Crippen molar-refractivity contribution in [2.45, 2.75) is 18.9 Å². The highest BCUT2D eigenvalue weighted by Gasteiger charge is 2.18. The lowest BCUT2D eigenvalue weighted by atomic mass is 10.0. The Morgan fingerprint density at radius 2 is 2.04 bits per heavy atom. The van der Waals surface area contributed by atoms with Crippen LogP contribution in [0.1, 0.15) is 34.8 Å². The van der Waals surface area contributed by atoms with Gasteiger partial charge in [-0.2, -0.15) is 5.10 Å². The lowest BCUT2D eigenvalue weighted by Gasteiger charge is -2.19. The summed E-state index contributed by atoms with van der Waals surface area (Å²) < 4.78 is 2.49. The van der Waals surface area contributed by atoms with Crippen LogP contribution < -0.4 is 11.1 Å². The van der Waals surface area contributed by atoms with Crippen LogP contribution in [0.25, 0.3) is 5.52 Å². The maximum Gasteiger partial charge on any atom is 0.253 e. The molecule has 0 saturated heterocycles. The summed E-state index contributed by atoms with van der Waals surface area (Å²) >= 11 is 3.46. The molecule has 0 aliphatic carbocycles. The van der Waals surface area contributed by atoms with Crippen LogP contribution in [-0.4, -0.2) is 22.1 Å². The summed E-state index contributed by atoms with van der Waals surface area (Å²) in [5.41, 5.74) is 8.09. The maximum atomic E-state index is 12.9. The van der Waals surface area contributed by atoms with Gasteiger partial charge in [-0.15, -0.1) is 0 Å². The number of hydrogen-bond donors (Lipinski definition) is 2. The van der Waals surface area contributed by atoms with Crippen molar-refractivity contribution in [2.75, 3.05) is 6.54 Å². The van der Waals surface area contributed by atoms with E-state index in [2.05, 4.69) is 26.3 Å². The van der Waals surface area contributed by atoms with Crippen LogP contribution in [0.2, 0.25) is 0 Å². The molecule has 24 heavy (non-hydrogen) atoms. The highest BCUT2D eigenvalue weighted by Crippen LogP contribution is 2.23. The molecule has 0 saturated carbocycles. The molecule has 1 aromatic carbocycles. The van der Waals surface area contributed by atoms with Gasteiger partial charge in [-0.3, -0.25) is 4.79 Å². The largest absolute Gasteiger partial charge is 0.345 e. The van der Waals surface area contributed by atoms with Gasteiger partial charge in [-0.05, 0) is 53.0 Å². The second-order valence-electron chi connectivity index (χ2n) is 5.58. The summed E-state index contributed by atoms with van der Waals surface area (Å²) in [6.45, 7) is 0.600. The molecule has 3 aromatic rings. The summed E-state index contributed by atoms with van der Waals surface area (Å²) in [5.74, 6) is -0.118. The number of aromatic nitrogens is 2. The number of benzene rings is 1. The van der Waals surface area contributed by atoms with Crippen LogP contribution in [0.4, 0.5) is 0 Å². The topological polar surface area (TPSA) is 72.4 Å². The molecule has 1 amide bonds. The highest BCUT2D eigenvalue weighted by atomic mass is 79.9. The van der Waals surface area contributed by atoms with Crippen molar-refractivity contribution in [1.82, 2.24) is 14.9 Å². The van der Waals surface area contributed by atoms with Gasteiger partial charge in [-0.1, -0.05) is 30.3 Å². The maximum absolute atomic E-state index is 12.9. The van der Waals surface area contributed by atoms with Gasteiger partial charge in [0.2, 0.25) is 0 Å². The Morgan fingerprint density at radius 1 is 1.25 bits per heavy atom. The van der Waals surface area contributed by atoms with E-state index in [1.165, 1.54) is 0 Å². The number of carbonyl (C=O) groups is 1. The first-order chi connectivity index (χ1) is 11.7. The number of carbonyl (C=O) groups excluding carboxylic acids is 1. The molecule has 1 atom stereocenters. The van der Waals surface area contributed by atoms with Crippen LogP contribution in [-0.2, 0) is 0 Å². The molecule has 3 rings (SSSR count). The van der Waals surface area contributed by atoms with Crippen LogP contribution >= 0.6 is 15.9 Å². The van der Waals surface area contributed by atoms with Gasteiger partial charge in [0.25, 0.3) is 5.91 Å². The predicted molar refractivity (Wildman–Crippen MR) is 97.8 cm³/mol. The Labute approximate surface area is 149 Å². The summed E-state index contributed by atoms with van der Waals surface area (Å²) in [6.07, 6.45) is 5.16. The molecule has 0 spiro atoms. The Hall–Kier alpha value is -2.18. The first-order valence-corrected chi connectivity index (χ1v) is 8.67. The van der Waals surface area contributed by atoms with E-state index in [4.69, 9.17) is 5.73 Å². The number of fused-ring (bicyclic) bond motifs is 1. The number of pyridine rings is 1. The third kappa shape index (κ3) is 3.49. The van der Waals surface area contributed by atoms with Gasteiger partial charge in [0.15, 0.2) is 0 Å². The van der Waals surface area contributed by atoms with Crippen molar-refractivity contribution in [1.29, 1.82) is 0 Å². The van der Waals surface area contributed by atoms with Gasteiger partial charge >= 0.3 is 0 Å². The van der Waals surface area contributed by atoms with Crippen molar-refractivity contribution in [2.24, 2.45) is 5.73 Å². The van der Waals surface area contributed by atoms with Crippen LogP contribution in [0.3, 0.4) is 0 Å². The molecular weight excluding hydrogens is 368 g/mol. The van der Waals surface area contributed by atoms with Gasteiger partial charge in [0.05, 0.1) is 27.8 Å². The average Bonchev–Trinajstić information content (AvgIpc) is 3.00. The number of hydrogen-bond acceptors (Lipinski definition) is 3. The Kier molecular flexibility index (Phi) is 5.27. The van der Waals surface area contributed by atoms with Gasteiger partial charge in [0, 0.05) is 6.20 Å². The number of rotatable bonds is 6. The highest BCUT2D eigenvalue weighted by molar-refractivity contribution is 9.10. The third-order valence-corrected chi connectivity index (χ3v) is 4.53. The second kappa shape index (κ2) is 7.59. The first-order valence-electron chi connectivity index (χ1n) is 7.88. The average molecular weight is 387 g/mol. The lowest BCUT2D eigenvalue weighted by Crippen LogP contribution is -2.29. The van der Waals surface area contributed by atoms with Gasteiger partial charge in [-0.25, -0.2) is 4.52 Å². The lowest BCUT2D eigenvalue weighted by molar-refractivity contribution is 0.0935. The van der Waals surface area contributed by atoms with E-state index in [0.717, 1.165) is 28.4 Å². The fraction of sp³-hybridized carbons (Fsp3) is 0.222. The minimum Gasteiger partial charge on any atom is -0.345 e. The zero-order valence-corrected chi connectivity index (χ0v) is 14.7. The first kappa shape index (κ1) is 16.7. The van der Waals surface area contributed by atoms with E-state index in [-0.39, 0.29) is 11.9 Å². The molecule has 3 N–H and O–H groups in total. The Balaban J connectivity index is 1.88. The number of nitrogens with two attached hydrogens (primary N) is 1. The number of halogens is 1. The molecule has 2 heterocycles. The molecule has 2 aromatic heterocycles. The van der Waals surface area contributed by atoms with Crippen LogP contribution in [0.15, 0.2) is 59.3 Å². The molecule has 0 aliphatic rings. The van der Waals surface area contributed by atoms with Crippen molar-refractivity contribution in [3.8, 4) is 0 Å². The zero-order chi connectivity index (χ0) is 16.9. The van der Waals surface area contributed by atoms with Crippen molar-refractivity contribution in [3.05, 3.63) is 70.5 Å². The van der Waals surface area contributed by atoms with E-state index in [9.17, 15) is 4.79 Å². The quantitative estimate of drug-likeness (QED) is 0.682. The molecule has 5 nitrogen and oxygen atoms in total. The molecule has 0 bridgehead atoms. The van der Waals surface area contributed by atoms with E-state index >= 15 is 0 Å². The minimum absolute atomic E-state index is 0.0656. The third-order valence-electron chi connectivity index (χ3n) is 3.94. The smallest absolute Gasteiger partial charge is 0.253 e. The molecule has 0 radical (unpaired) electrons. The van der Waals surface area contributed by atoms with Gasteiger partial charge < -0.3 is 11.1 Å². The van der Waals surface area contributed by atoms with E-state index in [1.54, 1.807) is 10.7 Å². The van der Waals surface area contributed by atoms with Crippen molar-refractivity contribution in [3.63, 3.8) is 0 Å². The Morgan fingerprint density at radius 3 is 2.79 bits per heavy atom. The molecule has 124 valence electrons. The summed E-state index contributed by atoms with van der Waals surface area (Å²) in [5, 5.41) is 7.36. The summed E-state index contributed by atoms with van der Waals surface area (Å²) in [7, 11) is 0. The van der Waals surface area contributed by atoms with Crippen LogP contribution in [0.5, 0.6) is 0 Å². The fourth-order valence-electron chi connectivity index (χ4n) is 2.75. The zero-order valence-electron chi connectivity index (χ0n) is 13.2. The summed E-state index contributed by atoms with van der Waals surface area (Å²) in [4.78, 5) is 12.9. The Bertz CT molecular complexity index is 831.